The Labute approximate surface area is 128 Å². The number of aryl methyl sites for hydroxylation is 1. The molecular weight excluding hydrogens is 260 g/mol. The molecule has 1 heterocycles. The highest BCUT2D eigenvalue weighted by Crippen LogP contribution is 2.14. The minimum Gasteiger partial charge on any atom is -0.356 e. The summed E-state index contributed by atoms with van der Waals surface area (Å²) in [5.41, 5.74) is 2.57. The fourth-order valence-electron chi connectivity index (χ4n) is 2.72. The van der Waals surface area contributed by atoms with Crippen LogP contribution in [0.25, 0.3) is 0 Å². The van der Waals surface area contributed by atoms with Crippen LogP contribution >= 0.6 is 0 Å². The molecule has 1 unspecified atom stereocenters. The molecule has 1 fully saturated rings. The summed E-state index contributed by atoms with van der Waals surface area (Å²) >= 11 is 0. The number of nitrogens with one attached hydrogen (secondary N) is 2. The van der Waals surface area contributed by atoms with E-state index in [-0.39, 0.29) is 0 Å². The molecule has 1 aliphatic heterocycles. The molecule has 2 rings (SSSR count). The Morgan fingerprint density at radius 3 is 2.67 bits per heavy atom. The van der Waals surface area contributed by atoms with E-state index in [1.807, 2.05) is 7.05 Å². The van der Waals surface area contributed by atoms with Gasteiger partial charge in [0.25, 0.3) is 0 Å². The Hall–Kier alpha value is -1.55. The topological polar surface area (TPSA) is 39.7 Å². The number of guanidine groups is 1. The average molecular weight is 288 g/mol. The van der Waals surface area contributed by atoms with Crippen LogP contribution in [-0.4, -0.2) is 44.1 Å². The Bertz CT molecular complexity index is 452. The van der Waals surface area contributed by atoms with Crippen LogP contribution in [0.1, 0.15) is 24.5 Å². The fourth-order valence-corrected chi connectivity index (χ4v) is 2.72. The third-order valence-corrected chi connectivity index (χ3v) is 4.18. The van der Waals surface area contributed by atoms with Crippen molar-refractivity contribution in [2.75, 3.05) is 33.2 Å². The van der Waals surface area contributed by atoms with Gasteiger partial charge in [-0.25, -0.2) is 0 Å². The first-order valence-corrected chi connectivity index (χ1v) is 7.93. The van der Waals surface area contributed by atoms with Gasteiger partial charge in [-0.1, -0.05) is 36.8 Å². The first-order chi connectivity index (χ1) is 10.2. The first kappa shape index (κ1) is 15.8. The number of benzene rings is 1. The van der Waals surface area contributed by atoms with E-state index in [0.29, 0.717) is 0 Å². The van der Waals surface area contributed by atoms with Crippen molar-refractivity contribution in [3.63, 3.8) is 0 Å². The van der Waals surface area contributed by atoms with Gasteiger partial charge < -0.3 is 15.5 Å². The van der Waals surface area contributed by atoms with Gasteiger partial charge in [-0.3, -0.25) is 4.99 Å². The van der Waals surface area contributed by atoms with E-state index in [2.05, 4.69) is 58.6 Å². The zero-order chi connectivity index (χ0) is 15.1. The minimum atomic E-state index is 0.739. The van der Waals surface area contributed by atoms with Crippen molar-refractivity contribution < 1.29 is 0 Å². The van der Waals surface area contributed by atoms with Gasteiger partial charge in [0.05, 0.1) is 0 Å². The van der Waals surface area contributed by atoms with E-state index in [1.54, 1.807) is 0 Å². The summed E-state index contributed by atoms with van der Waals surface area (Å²) in [4.78, 5) is 6.81. The van der Waals surface area contributed by atoms with Crippen molar-refractivity contribution >= 4 is 5.96 Å². The molecule has 0 aromatic heterocycles. The predicted molar refractivity (Wildman–Crippen MR) is 89.6 cm³/mol. The van der Waals surface area contributed by atoms with Crippen LogP contribution in [-0.2, 0) is 6.54 Å². The van der Waals surface area contributed by atoms with Crippen molar-refractivity contribution in [1.29, 1.82) is 0 Å². The van der Waals surface area contributed by atoms with Gasteiger partial charge in [0.2, 0.25) is 0 Å². The third-order valence-electron chi connectivity index (χ3n) is 4.18. The molecular formula is C17H28N4. The molecule has 0 aliphatic carbocycles. The van der Waals surface area contributed by atoms with Crippen LogP contribution in [0, 0.1) is 12.8 Å². The predicted octanol–water partition coefficient (Wildman–Crippen LogP) is 2.00. The average Bonchev–Trinajstić information content (AvgIpc) is 2.97. The number of rotatable bonds is 5. The number of likely N-dealkylation sites (tertiary alicyclic amines) is 1. The molecule has 0 radical (unpaired) electrons. The van der Waals surface area contributed by atoms with E-state index in [4.69, 9.17) is 0 Å². The van der Waals surface area contributed by atoms with Crippen molar-refractivity contribution in [3.05, 3.63) is 35.4 Å². The lowest BCUT2D eigenvalue weighted by Crippen LogP contribution is -2.39. The molecule has 4 nitrogen and oxygen atoms in total. The molecule has 0 saturated carbocycles. The van der Waals surface area contributed by atoms with E-state index >= 15 is 0 Å². The second-order valence-corrected chi connectivity index (χ2v) is 5.84. The normalized spacial score (nSPS) is 19.8. The molecule has 4 heteroatoms. The van der Waals surface area contributed by atoms with Crippen LogP contribution in [0.5, 0.6) is 0 Å². The summed E-state index contributed by atoms with van der Waals surface area (Å²) in [6.07, 6.45) is 1.29. The summed E-state index contributed by atoms with van der Waals surface area (Å²) in [6, 6.07) is 8.60. The Morgan fingerprint density at radius 2 is 2.05 bits per heavy atom. The Balaban J connectivity index is 1.72. The summed E-state index contributed by atoms with van der Waals surface area (Å²) in [5.74, 6) is 1.63. The molecule has 116 valence electrons. The smallest absolute Gasteiger partial charge is 0.191 e. The van der Waals surface area contributed by atoms with Gasteiger partial charge in [0.1, 0.15) is 0 Å². The van der Waals surface area contributed by atoms with Crippen molar-refractivity contribution in [3.8, 4) is 0 Å². The molecule has 0 bridgehead atoms. The number of nitrogens with zero attached hydrogens (tertiary/aromatic N) is 2. The minimum absolute atomic E-state index is 0.739. The van der Waals surface area contributed by atoms with Crippen molar-refractivity contribution in [1.82, 2.24) is 15.5 Å². The van der Waals surface area contributed by atoms with Gasteiger partial charge >= 0.3 is 0 Å². The van der Waals surface area contributed by atoms with Crippen molar-refractivity contribution in [2.24, 2.45) is 10.9 Å². The van der Waals surface area contributed by atoms with Crippen LogP contribution in [0.4, 0.5) is 0 Å². The third kappa shape index (κ3) is 5.05. The largest absolute Gasteiger partial charge is 0.356 e. The van der Waals surface area contributed by atoms with E-state index < -0.39 is 0 Å². The lowest BCUT2D eigenvalue weighted by Gasteiger charge is -2.16. The lowest BCUT2D eigenvalue weighted by molar-refractivity contribution is 0.342. The van der Waals surface area contributed by atoms with E-state index in [9.17, 15) is 0 Å². The van der Waals surface area contributed by atoms with E-state index in [0.717, 1.165) is 31.5 Å². The standard InChI is InChI=1S/C17H28N4/c1-4-21-10-9-16(13-21)12-20-17(18-3)19-11-15-7-5-14(2)6-8-15/h5-8,16H,4,9-13H2,1-3H3,(H2,18,19,20). The summed E-state index contributed by atoms with van der Waals surface area (Å²) < 4.78 is 0. The summed E-state index contributed by atoms with van der Waals surface area (Å²) in [7, 11) is 1.83. The molecule has 21 heavy (non-hydrogen) atoms. The highest BCUT2D eigenvalue weighted by molar-refractivity contribution is 5.79. The first-order valence-electron chi connectivity index (χ1n) is 7.93. The van der Waals surface area contributed by atoms with Crippen LogP contribution in [0.3, 0.4) is 0 Å². The van der Waals surface area contributed by atoms with Gasteiger partial charge in [0, 0.05) is 26.7 Å². The molecule has 1 aromatic carbocycles. The molecule has 1 aromatic rings. The Kier molecular flexibility index (Phi) is 6.05. The van der Waals surface area contributed by atoms with Gasteiger partial charge in [-0.2, -0.15) is 0 Å². The Morgan fingerprint density at radius 1 is 1.29 bits per heavy atom. The zero-order valence-electron chi connectivity index (χ0n) is 13.5. The van der Waals surface area contributed by atoms with Crippen LogP contribution in [0.2, 0.25) is 0 Å². The molecule has 1 aliphatic rings. The molecule has 0 amide bonds. The highest BCUT2D eigenvalue weighted by atomic mass is 15.2. The molecule has 2 N–H and O–H groups in total. The summed E-state index contributed by atoms with van der Waals surface area (Å²) in [5, 5.41) is 6.83. The highest BCUT2D eigenvalue weighted by Gasteiger charge is 2.20. The molecule has 0 spiro atoms. The molecule has 1 atom stereocenters. The van der Waals surface area contributed by atoms with E-state index in [1.165, 1.54) is 30.6 Å². The van der Waals surface area contributed by atoms with Gasteiger partial charge in [0.15, 0.2) is 5.96 Å². The maximum absolute atomic E-state index is 4.30. The number of hydrogen-bond acceptors (Lipinski definition) is 2. The SMILES string of the molecule is CCN1CCC(CNC(=NC)NCc2ccc(C)cc2)C1. The monoisotopic (exact) mass is 288 g/mol. The van der Waals surface area contributed by atoms with Crippen LogP contribution < -0.4 is 10.6 Å². The second kappa shape index (κ2) is 8.03. The van der Waals surface area contributed by atoms with Gasteiger partial charge in [-0.15, -0.1) is 0 Å². The van der Waals surface area contributed by atoms with Gasteiger partial charge in [-0.05, 0) is 37.9 Å². The lowest BCUT2D eigenvalue weighted by atomic mass is 10.1. The number of hydrogen-bond donors (Lipinski definition) is 2. The zero-order valence-corrected chi connectivity index (χ0v) is 13.5. The second-order valence-electron chi connectivity index (χ2n) is 5.84. The fraction of sp³-hybridized carbons (Fsp3) is 0.588. The maximum atomic E-state index is 4.30. The molecule has 1 saturated heterocycles. The quantitative estimate of drug-likeness (QED) is 0.643. The maximum Gasteiger partial charge on any atom is 0.191 e. The number of aliphatic imine (C=N–C) groups is 1. The van der Waals surface area contributed by atoms with Crippen molar-refractivity contribution in [2.45, 2.75) is 26.8 Å². The van der Waals surface area contributed by atoms with Crippen LogP contribution in [0.15, 0.2) is 29.3 Å². The summed E-state index contributed by atoms with van der Waals surface area (Å²) in [6.45, 7) is 9.76.